The second-order valence-corrected chi connectivity index (χ2v) is 4.90. The zero-order valence-corrected chi connectivity index (χ0v) is 10.2. The summed E-state index contributed by atoms with van der Waals surface area (Å²) in [5.74, 6) is -0.886. The van der Waals surface area contributed by atoms with Crippen molar-refractivity contribution in [1.82, 2.24) is 0 Å². The van der Waals surface area contributed by atoms with E-state index in [9.17, 15) is 17.1 Å². The van der Waals surface area contributed by atoms with Crippen LogP contribution in [-0.4, -0.2) is 21.5 Å². The average molecular weight is 268 g/mol. The fourth-order valence-corrected chi connectivity index (χ4v) is 2.44. The summed E-state index contributed by atoms with van der Waals surface area (Å²) in [6.45, 7) is 0. The number of methoxy groups -OCH3 is 1. The van der Waals surface area contributed by atoms with E-state index in [2.05, 4.69) is 4.74 Å². The second kappa shape index (κ2) is 4.38. The molecule has 6 heteroatoms. The van der Waals surface area contributed by atoms with Gasteiger partial charge in [-0.05, 0) is 16.8 Å². The molecule has 0 spiro atoms. The van der Waals surface area contributed by atoms with Gasteiger partial charge in [-0.1, -0.05) is 30.3 Å². The smallest absolute Gasteiger partial charge is 0.339 e. The zero-order valence-electron chi connectivity index (χ0n) is 9.38. The fourth-order valence-electron chi connectivity index (χ4n) is 1.77. The van der Waals surface area contributed by atoms with Gasteiger partial charge in [0.25, 0.3) is 0 Å². The van der Waals surface area contributed by atoms with E-state index in [4.69, 9.17) is 0 Å². The topological polar surface area (TPSA) is 60.4 Å². The molecule has 0 radical (unpaired) electrons. The molecule has 4 nitrogen and oxygen atoms in total. The highest BCUT2D eigenvalue weighted by atomic mass is 32.3. The number of carbonyl (C=O) groups excluding carboxylic acids is 1. The molecule has 0 atom stereocenters. The van der Waals surface area contributed by atoms with Crippen molar-refractivity contribution in [3.63, 3.8) is 0 Å². The molecule has 0 aliphatic heterocycles. The fraction of sp³-hybridized carbons (Fsp3) is 0.0833. The van der Waals surface area contributed by atoms with E-state index in [1.165, 1.54) is 12.1 Å². The Morgan fingerprint density at radius 2 is 1.83 bits per heavy atom. The van der Waals surface area contributed by atoms with Gasteiger partial charge in [-0.15, -0.1) is 3.89 Å². The molecule has 2 aromatic carbocycles. The number of halogens is 1. The largest absolute Gasteiger partial charge is 0.465 e. The highest BCUT2D eigenvalue weighted by molar-refractivity contribution is 7.86. The van der Waals surface area contributed by atoms with E-state index in [1.54, 1.807) is 18.2 Å². The summed E-state index contributed by atoms with van der Waals surface area (Å²) in [6, 6.07) is 9.08. The lowest BCUT2D eigenvalue weighted by molar-refractivity contribution is 0.0598. The van der Waals surface area contributed by atoms with Gasteiger partial charge in [0.05, 0.1) is 12.7 Å². The normalized spacial score (nSPS) is 11.4. The van der Waals surface area contributed by atoms with Gasteiger partial charge in [-0.25, -0.2) is 4.79 Å². The highest BCUT2D eigenvalue weighted by Gasteiger charge is 2.24. The molecule has 0 saturated carbocycles. The highest BCUT2D eigenvalue weighted by Crippen LogP contribution is 2.27. The van der Waals surface area contributed by atoms with Gasteiger partial charge in [0.2, 0.25) is 0 Å². The van der Waals surface area contributed by atoms with E-state index < -0.39 is 21.1 Å². The maximum absolute atomic E-state index is 13.2. The standard InChI is InChI=1S/C12H9FO4S/c1-17-12(14)11-9-5-3-2-4-8(9)6-7-10(11)18(13,15)16/h2-7H,1H3. The molecular formula is C12H9FO4S. The maximum atomic E-state index is 13.2. The number of rotatable bonds is 2. The molecule has 0 fully saturated rings. The predicted octanol–water partition coefficient (Wildman–Crippen LogP) is 2.28. The van der Waals surface area contributed by atoms with Crippen molar-refractivity contribution in [2.45, 2.75) is 4.90 Å². The summed E-state index contributed by atoms with van der Waals surface area (Å²) in [7, 11) is -3.87. The summed E-state index contributed by atoms with van der Waals surface area (Å²) >= 11 is 0. The summed E-state index contributed by atoms with van der Waals surface area (Å²) in [4.78, 5) is 11.0. The number of ether oxygens (including phenoxy) is 1. The van der Waals surface area contributed by atoms with Crippen LogP contribution in [0, 0.1) is 0 Å². The Hall–Kier alpha value is -1.95. The molecule has 0 aliphatic carbocycles. The molecule has 0 aromatic heterocycles. The first-order valence-corrected chi connectivity index (χ1v) is 6.38. The van der Waals surface area contributed by atoms with Crippen molar-refractivity contribution < 1.29 is 21.8 Å². The zero-order chi connectivity index (χ0) is 13.3. The van der Waals surface area contributed by atoms with Crippen LogP contribution in [0.4, 0.5) is 3.89 Å². The third kappa shape index (κ3) is 2.06. The van der Waals surface area contributed by atoms with Crippen LogP contribution in [0.25, 0.3) is 10.8 Å². The Bertz CT molecular complexity index is 722. The summed E-state index contributed by atoms with van der Waals surface area (Å²) in [5, 5.41) is 0.966. The average Bonchev–Trinajstić information content (AvgIpc) is 2.35. The van der Waals surface area contributed by atoms with Gasteiger partial charge in [0, 0.05) is 0 Å². The summed E-state index contributed by atoms with van der Waals surface area (Å²) in [5.41, 5.74) is -0.280. The second-order valence-electron chi connectivity index (χ2n) is 3.59. The van der Waals surface area contributed by atoms with E-state index in [0.717, 1.165) is 13.2 Å². The Kier molecular flexibility index (Phi) is 3.04. The first-order valence-electron chi connectivity index (χ1n) is 5.00. The van der Waals surface area contributed by atoms with Gasteiger partial charge in [-0.2, -0.15) is 8.42 Å². The molecule has 18 heavy (non-hydrogen) atoms. The number of carbonyl (C=O) groups is 1. The Morgan fingerprint density at radius 3 is 2.44 bits per heavy atom. The van der Waals surface area contributed by atoms with E-state index >= 15 is 0 Å². The quantitative estimate of drug-likeness (QED) is 0.619. The van der Waals surface area contributed by atoms with Gasteiger partial charge in [0.15, 0.2) is 0 Å². The summed E-state index contributed by atoms with van der Waals surface area (Å²) in [6.07, 6.45) is 0. The van der Waals surface area contributed by atoms with Crippen LogP contribution < -0.4 is 0 Å². The van der Waals surface area contributed by atoms with Gasteiger partial charge in [-0.3, -0.25) is 0 Å². The first-order chi connectivity index (χ1) is 8.45. The molecular weight excluding hydrogens is 259 g/mol. The Balaban J connectivity index is 2.93. The molecule has 94 valence electrons. The molecule has 0 aliphatic rings. The minimum atomic E-state index is -4.98. The van der Waals surface area contributed by atoms with Gasteiger partial charge >= 0.3 is 16.2 Å². The SMILES string of the molecule is COC(=O)c1c(S(=O)(=O)F)ccc2ccccc12. The molecule has 0 N–H and O–H groups in total. The Labute approximate surface area is 103 Å². The molecule has 2 aromatic rings. The van der Waals surface area contributed by atoms with Crippen LogP contribution >= 0.6 is 0 Å². The number of fused-ring (bicyclic) bond motifs is 1. The van der Waals surface area contributed by atoms with Crippen molar-refractivity contribution in [2.24, 2.45) is 0 Å². The van der Waals surface area contributed by atoms with E-state index in [-0.39, 0.29) is 5.56 Å². The van der Waals surface area contributed by atoms with Crippen molar-refractivity contribution >= 4 is 27.0 Å². The molecule has 0 amide bonds. The number of benzene rings is 2. The van der Waals surface area contributed by atoms with Crippen molar-refractivity contribution in [3.05, 3.63) is 42.0 Å². The molecule has 0 heterocycles. The minimum Gasteiger partial charge on any atom is -0.465 e. The molecule has 2 rings (SSSR count). The maximum Gasteiger partial charge on any atom is 0.339 e. The molecule has 0 saturated heterocycles. The van der Waals surface area contributed by atoms with Crippen LogP contribution in [0.2, 0.25) is 0 Å². The first kappa shape index (κ1) is 12.5. The lowest BCUT2D eigenvalue weighted by Gasteiger charge is -2.08. The third-order valence-electron chi connectivity index (χ3n) is 2.54. The Morgan fingerprint density at radius 1 is 1.17 bits per heavy atom. The van der Waals surface area contributed by atoms with Crippen LogP contribution in [-0.2, 0) is 15.0 Å². The number of hydrogen-bond acceptors (Lipinski definition) is 4. The number of esters is 1. The lowest BCUT2D eigenvalue weighted by atomic mass is 10.0. The van der Waals surface area contributed by atoms with Gasteiger partial charge < -0.3 is 4.74 Å². The van der Waals surface area contributed by atoms with E-state index in [1.807, 2.05) is 0 Å². The monoisotopic (exact) mass is 268 g/mol. The van der Waals surface area contributed by atoms with Crippen LogP contribution in [0.5, 0.6) is 0 Å². The van der Waals surface area contributed by atoms with Crippen LogP contribution in [0.1, 0.15) is 10.4 Å². The molecule has 0 bridgehead atoms. The number of hydrogen-bond donors (Lipinski definition) is 0. The molecule has 0 unspecified atom stereocenters. The lowest BCUT2D eigenvalue weighted by Crippen LogP contribution is -2.08. The summed E-state index contributed by atoms with van der Waals surface area (Å²) < 4.78 is 39.8. The minimum absolute atomic E-state index is 0.280. The van der Waals surface area contributed by atoms with Crippen molar-refractivity contribution in [2.75, 3.05) is 7.11 Å². The van der Waals surface area contributed by atoms with Crippen LogP contribution in [0.15, 0.2) is 41.3 Å². The van der Waals surface area contributed by atoms with E-state index in [0.29, 0.717) is 10.8 Å². The van der Waals surface area contributed by atoms with Gasteiger partial charge in [0.1, 0.15) is 4.90 Å². The predicted molar refractivity (Wildman–Crippen MR) is 63.6 cm³/mol. The third-order valence-corrected chi connectivity index (χ3v) is 3.41. The van der Waals surface area contributed by atoms with Crippen molar-refractivity contribution in [3.8, 4) is 0 Å². The van der Waals surface area contributed by atoms with Crippen molar-refractivity contribution in [1.29, 1.82) is 0 Å². The van der Waals surface area contributed by atoms with Crippen LogP contribution in [0.3, 0.4) is 0 Å².